The van der Waals surface area contributed by atoms with E-state index in [0.29, 0.717) is 24.5 Å². The molecule has 1 aromatic carbocycles. The van der Waals surface area contributed by atoms with E-state index in [1.807, 2.05) is 13.8 Å². The fraction of sp³-hybridized carbons (Fsp3) is 0.308. The second-order valence-electron chi connectivity index (χ2n) is 4.27. The molecule has 0 bridgehead atoms. The quantitative estimate of drug-likeness (QED) is 0.663. The molecule has 0 aliphatic rings. The van der Waals surface area contributed by atoms with Crippen molar-refractivity contribution in [1.82, 2.24) is 14.8 Å². The molecule has 0 radical (unpaired) electrons. The van der Waals surface area contributed by atoms with Crippen LogP contribution in [-0.4, -0.2) is 20.6 Å². The number of benzene rings is 1. The fourth-order valence-electron chi connectivity index (χ4n) is 1.87. The van der Waals surface area contributed by atoms with Crippen molar-refractivity contribution in [2.24, 2.45) is 5.73 Å². The van der Waals surface area contributed by atoms with Crippen molar-refractivity contribution < 1.29 is 8.78 Å². The van der Waals surface area contributed by atoms with Gasteiger partial charge in [0.2, 0.25) is 0 Å². The highest BCUT2D eigenvalue weighted by atomic mass is 19.1. The molecule has 2 aromatic rings. The summed E-state index contributed by atoms with van der Waals surface area (Å²) in [5.41, 5.74) is 4.94. The van der Waals surface area contributed by atoms with Crippen molar-refractivity contribution in [1.29, 1.82) is 5.41 Å². The normalized spacial score (nSPS) is 10.8. The van der Waals surface area contributed by atoms with Crippen LogP contribution in [0.25, 0.3) is 5.69 Å². The molecule has 0 aliphatic carbocycles. The topological polar surface area (TPSA) is 80.6 Å². The molecule has 106 valence electrons. The average molecular weight is 279 g/mol. The zero-order valence-electron chi connectivity index (χ0n) is 11.2. The maximum Gasteiger partial charge on any atom is 0.152 e. The number of nitrogens with two attached hydrogens (primary N) is 1. The lowest BCUT2D eigenvalue weighted by Crippen LogP contribution is -2.14. The third kappa shape index (κ3) is 2.38. The summed E-state index contributed by atoms with van der Waals surface area (Å²) >= 11 is 0. The molecular weight excluding hydrogens is 264 g/mol. The Morgan fingerprint density at radius 1 is 1.25 bits per heavy atom. The Bertz CT molecular complexity index is 640. The van der Waals surface area contributed by atoms with Crippen molar-refractivity contribution in [2.45, 2.75) is 26.7 Å². The van der Waals surface area contributed by atoms with Crippen LogP contribution in [0.4, 0.5) is 8.78 Å². The van der Waals surface area contributed by atoms with Gasteiger partial charge in [-0.15, -0.1) is 0 Å². The summed E-state index contributed by atoms with van der Waals surface area (Å²) in [4.78, 5) is 4.21. The van der Waals surface area contributed by atoms with Gasteiger partial charge in [-0.25, -0.2) is 18.4 Å². The minimum atomic E-state index is -0.822. The van der Waals surface area contributed by atoms with Crippen molar-refractivity contribution in [2.75, 3.05) is 0 Å². The van der Waals surface area contributed by atoms with Crippen LogP contribution in [0.15, 0.2) is 12.1 Å². The van der Waals surface area contributed by atoms with Crippen LogP contribution in [0.3, 0.4) is 0 Å². The minimum absolute atomic E-state index is 0.00220. The first-order valence-corrected chi connectivity index (χ1v) is 6.26. The number of nitrogens with one attached hydrogen (secondary N) is 1. The van der Waals surface area contributed by atoms with E-state index in [4.69, 9.17) is 11.1 Å². The van der Waals surface area contributed by atoms with Gasteiger partial charge in [0, 0.05) is 18.4 Å². The van der Waals surface area contributed by atoms with Gasteiger partial charge in [0.25, 0.3) is 0 Å². The van der Waals surface area contributed by atoms with E-state index in [-0.39, 0.29) is 11.3 Å². The molecule has 0 aliphatic heterocycles. The molecular formula is C13H15F2N5. The van der Waals surface area contributed by atoms with Crippen LogP contribution >= 0.6 is 0 Å². The third-order valence-corrected chi connectivity index (χ3v) is 2.89. The maximum atomic E-state index is 14.1. The number of hydrogen-bond acceptors (Lipinski definition) is 3. The van der Waals surface area contributed by atoms with E-state index >= 15 is 0 Å². The summed E-state index contributed by atoms with van der Waals surface area (Å²) in [7, 11) is 0. The van der Waals surface area contributed by atoms with Gasteiger partial charge in [0.1, 0.15) is 17.3 Å². The third-order valence-electron chi connectivity index (χ3n) is 2.89. The monoisotopic (exact) mass is 279 g/mol. The molecule has 0 saturated carbocycles. The van der Waals surface area contributed by atoms with Crippen molar-refractivity contribution in [3.63, 3.8) is 0 Å². The summed E-state index contributed by atoms with van der Waals surface area (Å²) in [6.45, 7) is 3.70. The number of aryl methyl sites for hydroxylation is 2. The molecule has 0 atom stereocenters. The van der Waals surface area contributed by atoms with E-state index in [9.17, 15) is 8.78 Å². The summed E-state index contributed by atoms with van der Waals surface area (Å²) in [5, 5.41) is 11.3. The molecule has 7 heteroatoms. The molecule has 5 nitrogen and oxygen atoms in total. The van der Waals surface area contributed by atoms with Crippen LogP contribution in [0.1, 0.15) is 31.1 Å². The van der Waals surface area contributed by atoms with Gasteiger partial charge >= 0.3 is 0 Å². The number of amidine groups is 1. The average Bonchev–Trinajstić information content (AvgIpc) is 2.81. The van der Waals surface area contributed by atoms with E-state index in [0.717, 1.165) is 12.1 Å². The number of aromatic nitrogens is 3. The zero-order valence-corrected chi connectivity index (χ0v) is 11.2. The second kappa shape index (κ2) is 5.36. The van der Waals surface area contributed by atoms with Crippen molar-refractivity contribution in [3.05, 3.63) is 41.0 Å². The maximum absolute atomic E-state index is 14.1. The van der Waals surface area contributed by atoms with Crippen LogP contribution in [0.5, 0.6) is 0 Å². The molecule has 0 fully saturated rings. The molecule has 1 heterocycles. The molecule has 0 spiro atoms. The first-order valence-electron chi connectivity index (χ1n) is 6.26. The summed E-state index contributed by atoms with van der Waals surface area (Å²) < 4.78 is 29.4. The molecule has 0 unspecified atom stereocenters. The van der Waals surface area contributed by atoms with E-state index in [1.54, 1.807) is 0 Å². The predicted octanol–water partition coefficient (Wildman–Crippen LogP) is 1.95. The van der Waals surface area contributed by atoms with E-state index in [2.05, 4.69) is 10.1 Å². The molecule has 1 aromatic heterocycles. The first kappa shape index (κ1) is 14.1. The molecule has 0 saturated heterocycles. The van der Waals surface area contributed by atoms with Gasteiger partial charge in [0.05, 0.1) is 0 Å². The largest absolute Gasteiger partial charge is 0.384 e. The highest BCUT2D eigenvalue weighted by Gasteiger charge is 2.19. The lowest BCUT2D eigenvalue weighted by Gasteiger charge is -2.09. The summed E-state index contributed by atoms with van der Waals surface area (Å²) in [6, 6.07) is 2.04. The van der Waals surface area contributed by atoms with Crippen LogP contribution < -0.4 is 5.73 Å². The van der Waals surface area contributed by atoms with E-state index in [1.165, 1.54) is 4.68 Å². The number of rotatable bonds is 4. The van der Waals surface area contributed by atoms with Gasteiger partial charge in [-0.1, -0.05) is 13.8 Å². The lowest BCUT2D eigenvalue weighted by atomic mass is 10.1. The Morgan fingerprint density at radius 3 is 2.30 bits per heavy atom. The Balaban J connectivity index is 2.63. The minimum Gasteiger partial charge on any atom is -0.384 e. The van der Waals surface area contributed by atoms with Crippen molar-refractivity contribution in [3.8, 4) is 5.69 Å². The molecule has 3 N–H and O–H groups in total. The predicted molar refractivity (Wildman–Crippen MR) is 71.0 cm³/mol. The van der Waals surface area contributed by atoms with Gasteiger partial charge in [-0.3, -0.25) is 5.41 Å². The summed E-state index contributed by atoms with van der Waals surface area (Å²) in [5.74, 6) is -1.03. The first-order chi connectivity index (χ1) is 9.47. The highest BCUT2D eigenvalue weighted by molar-refractivity contribution is 5.95. The van der Waals surface area contributed by atoms with Crippen molar-refractivity contribution >= 4 is 5.84 Å². The number of nitrogens with zero attached hydrogens (tertiary/aromatic N) is 3. The molecule has 2 rings (SSSR count). The van der Waals surface area contributed by atoms with Gasteiger partial charge < -0.3 is 5.73 Å². The fourth-order valence-corrected chi connectivity index (χ4v) is 1.87. The van der Waals surface area contributed by atoms with Gasteiger partial charge in [-0.2, -0.15) is 5.10 Å². The Labute approximate surface area is 114 Å². The lowest BCUT2D eigenvalue weighted by molar-refractivity contribution is 0.554. The zero-order chi connectivity index (χ0) is 14.9. The smallest absolute Gasteiger partial charge is 0.152 e. The number of nitrogen functional groups attached to an aromatic ring is 1. The Morgan fingerprint density at radius 2 is 1.85 bits per heavy atom. The Hall–Kier alpha value is -2.31. The second-order valence-corrected chi connectivity index (χ2v) is 4.27. The molecule has 20 heavy (non-hydrogen) atoms. The standard InChI is InChI=1S/C13H15F2N5/c1-3-10-18-11(4-2)20(19-10)12-8(14)5-7(13(16)17)6-9(12)15/h5-6H,3-4H2,1-2H3,(H3,16,17). The van der Waals surface area contributed by atoms with Gasteiger partial charge in [-0.05, 0) is 12.1 Å². The van der Waals surface area contributed by atoms with Crippen LogP contribution in [0, 0.1) is 17.0 Å². The number of halogens is 2. The Kier molecular flexibility index (Phi) is 3.78. The highest BCUT2D eigenvalue weighted by Crippen LogP contribution is 2.21. The van der Waals surface area contributed by atoms with Gasteiger partial charge in [0.15, 0.2) is 17.5 Å². The summed E-state index contributed by atoms with van der Waals surface area (Å²) in [6.07, 6.45) is 1.08. The SMILES string of the molecule is CCc1nc(CC)n(-c2c(F)cc(C(=N)N)cc2F)n1. The van der Waals surface area contributed by atoms with Crippen LogP contribution in [0.2, 0.25) is 0 Å². The number of hydrogen-bond donors (Lipinski definition) is 2. The molecule has 0 amide bonds. The van der Waals surface area contributed by atoms with E-state index < -0.39 is 17.5 Å². The van der Waals surface area contributed by atoms with Crippen LogP contribution in [-0.2, 0) is 12.8 Å².